The molecule has 3 heterocycles. The molecule has 0 bridgehead atoms. The molecule has 2 N–H and O–H groups in total. The summed E-state index contributed by atoms with van der Waals surface area (Å²) < 4.78 is 0. The van der Waals surface area contributed by atoms with Gasteiger partial charge in [0.2, 0.25) is 5.91 Å². The molecule has 0 radical (unpaired) electrons. The summed E-state index contributed by atoms with van der Waals surface area (Å²) in [6.07, 6.45) is 3.06. The lowest BCUT2D eigenvalue weighted by molar-refractivity contribution is -0.149. The molecule has 3 amide bonds. The Balaban J connectivity index is 1.55. The summed E-state index contributed by atoms with van der Waals surface area (Å²) in [6, 6.07) is -0.721. The Morgan fingerprint density at radius 1 is 1.26 bits per heavy atom. The Bertz CT molecular complexity index is 636. The van der Waals surface area contributed by atoms with E-state index in [9.17, 15) is 14.4 Å². The summed E-state index contributed by atoms with van der Waals surface area (Å²) >= 11 is 1.58. The van der Waals surface area contributed by atoms with Crippen molar-refractivity contribution in [1.82, 2.24) is 30.0 Å². The van der Waals surface area contributed by atoms with Crippen molar-refractivity contribution < 1.29 is 19.5 Å². The zero-order chi connectivity index (χ0) is 19.6. The molecule has 3 aliphatic heterocycles. The molecule has 150 valence electrons. The molecule has 27 heavy (non-hydrogen) atoms. The van der Waals surface area contributed by atoms with Gasteiger partial charge in [-0.15, -0.1) is 0 Å². The number of piperazine rings is 1. The number of hydrogen-bond acceptors (Lipinski definition) is 7. The second-order valence-corrected chi connectivity index (χ2v) is 7.85. The van der Waals surface area contributed by atoms with Gasteiger partial charge in [-0.3, -0.25) is 9.59 Å². The van der Waals surface area contributed by atoms with Crippen LogP contribution in [0.5, 0.6) is 0 Å². The van der Waals surface area contributed by atoms with E-state index in [2.05, 4.69) is 5.32 Å². The maximum Gasteiger partial charge on any atom is 0.405 e. The van der Waals surface area contributed by atoms with Gasteiger partial charge in [0.1, 0.15) is 18.4 Å². The number of thioether (sulfide) groups is 1. The number of carbonyl (C=O) groups excluding carboxylic acids is 2. The third-order valence-electron chi connectivity index (χ3n) is 4.95. The molecular formula is C16H26N6O4S. The molecular weight excluding hydrogens is 372 g/mol. The maximum absolute atomic E-state index is 12.7. The standard InChI is InChI=1S/C16H26N6O4S/c1-18-9-13-15(24)22(11-20(13)10-18)21-6-4-19(5-7-21)14(23)12(3-8-27-2)17-16(25)26/h9,12,17H,3-8,10-11H2,1-2H3,(H,25,26)/t12-/m1/s1. The Hall–Kier alpha value is -2.14. The fraction of sp³-hybridized carbons (Fsp3) is 0.688. The SMILES string of the molecule is CSCC[C@@H](NC(=O)O)C(=O)N1CCN(N2CN3CN(C)C=C3C2=O)CC1. The highest BCUT2D eigenvalue weighted by atomic mass is 32.2. The lowest BCUT2D eigenvalue weighted by atomic mass is 10.2. The topological polar surface area (TPSA) is 99.7 Å². The van der Waals surface area contributed by atoms with E-state index in [0.29, 0.717) is 57.4 Å². The second kappa shape index (κ2) is 8.26. The highest BCUT2D eigenvalue weighted by Gasteiger charge is 2.40. The lowest BCUT2D eigenvalue weighted by Gasteiger charge is -2.40. The average molecular weight is 398 g/mol. The molecule has 0 unspecified atom stereocenters. The van der Waals surface area contributed by atoms with Crippen LogP contribution in [0.1, 0.15) is 6.42 Å². The number of hydrogen-bond donors (Lipinski definition) is 2. The van der Waals surface area contributed by atoms with E-state index < -0.39 is 12.1 Å². The number of nitrogens with one attached hydrogen (secondary N) is 1. The first-order valence-electron chi connectivity index (χ1n) is 8.91. The van der Waals surface area contributed by atoms with Crippen LogP contribution in [0.15, 0.2) is 11.9 Å². The fourth-order valence-corrected chi connectivity index (χ4v) is 4.06. The number of amides is 3. The van der Waals surface area contributed by atoms with E-state index in [1.807, 2.05) is 34.3 Å². The van der Waals surface area contributed by atoms with Gasteiger partial charge in [-0.2, -0.15) is 11.8 Å². The predicted octanol–water partition coefficient (Wildman–Crippen LogP) is -0.719. The van der Waals surface area contributed by atoms with Crippen LogP contribution in [0.2, 0.25) is 0 Å². The minimum absolute atomic E-state index is 0.00971. The van der Waals surface area contributed by atoms with Crippen LogP contribution >= 0.6 is 11.8 Å². The third-order valence-corrected chi connectivity index (χ3v) is 5.59. The summed E-state index contributed by atoms with van der Waals surface area (Å²) in [5.74, 6) is 0.506. The molecule has 10 nitrogen and oxygen atoms in total. The van der Waals surface area contributed by atoms with Crippen molar-refractivity contribution in [2.75, 3.05) is 58.6 Å². The molecule has 0 spiro atoms. The molecule has 2 fully saturated rings. The van der Waals surface area contributed by atoms with Gasteiger partial charge in [0, 0.05) is 39.4 Å². The van der Waals surface area contributed by atoms with E-state index in [1.54, 1.807) is 21.7 Å². The summed E-state index contributed by atoms with van der Waals surface area (Å²) in [7, 11) is 1.94. The third kappa shape index (κ3) is 4.24. The molecule has 0 aromatic heterocycles. The molecule has 11 heteroatoms. The Labute approximate surface area is 162 Å². The van der Waals surface area contributed by atoms with Crippen LogP contribution < -0.4 is 5.32 Å². The Kier molecular flexibility index (Phi) is 6.00. The molecule has 3 aliphatic rings. The minimum atomic E-state index is -1.19. The Morgan fingerprint density at radius 3 is 2.56 bits per heavy atom. The van der Waals surface area contributed by atoms with Gasteiger partial charge in [-0.1, -0.05) is 0 Å². The normalized spacial score (nSPS) is 21.4. The summed E-state index contributed by atoms with van der Waals surface area (Å²) in [5.41, 5.74) is 0.707. The Morgan fingerprint density at radius 2 is 1.96 bits per heavy atom. The van der Waals surface area contributed by atoms with Gasteiger partial charge in [0.15, 0.2) is 0 Å². The van der Waals surface area contributed by atoms with Crippen LogP contribution in [-0.2, 0) is 9.59 Å². The van der Waals surface area contributed by atoms with Gasteiger partial charge in [0.25, 0.3) is 5.91 Å². The van der Waals surface area contributed by atoms with Crippen LogP contribution in [0.3, 0.4) is 0 Å². The smallest absolute Gasteiger partial charge is 0.405 e. The van der Waals surface area contributed by atoms with Gasteiger partial charge in [0.05, 0.1) is 6.67 Å². The van der Waals surface area contributed by atoms with Crippen molar-refractivity contribution in [3.63, 3.8) is 0 Å². The number of hydrazine groups is 1. The zero-order valence-corrected chi connectivity index (χ0v) is 16.4. The van der Waals surface area contributed by atoms with Crippen LogP contribution in [0.25, 0.3) is 0 Å². The molecule has 1 atom stereocenters. The second-order valence-electron chi connectivity index (χ2n) is 6.86. The van der Waals surface area contributed by atoms with Crippen molar-refractivity contribution in [2.24, 2.45) is 0 Å². The largest absolute Gasteiger partial charge is 0.465 e. The molecule has 0 saturated carbocycles. The molecule has 0 aliphatic carbocycles. The highest BCUT2D eigenvalue weighted by molar-refractivity contribution is 7.98. The van der Waals surface area contributed by atoms with E-state index >= 15 is 0 Å². The fourth-order valence-electron chi connectivity index (χ4n) is 3.58. The lowest BCUT2D eigenvalue weighted by Crippen LogP contribution is -2.58. The maximum atomic E-state index is 12.7. The van der Waals surface area contributed by atoms with E-state index in [-0.39, 0.29) is 11.8 Å². The number of carboxylic acid groups (broad SMARTS) is 1. The van der Waals surface area contributed by atoms with Crippen molar-refractivity contribution in [1.29, 1.82) is 0 Å². The monoisotopic (exact) mass is 398 g/mol. The quantitative estimate of drug-likeness (QED) is 0.605. The number of nitrogens with zero attached hydrogens (tertiary/aromatic N) is 5. The van der Waals surface area contributed by atoms with Crippen molar-refractivity contribution in [2.45, 2.75) is 12.5 Å². The van der Waals surface area contributed by atoms with E-state index in [0.717, 1.165) is 0 Å². The number of carbonyl (C=O) groups is 3. The molecule has 3 rings (SSSR count). The predicted molar refractivity (Wildman–Crippen MR) is 100 cm³/mol. The first kappa shape index (κ1) is 19.6. The molecule has 0 aromatic carbocycles. The van der Waals surface area contributed by atoms with Gasteiger partial charge in [-0.25, -0.2) is 14.8 Å². The number of fused-ring (bicyclic) bond motifs is 1. The number of rotatable bonds is 6. The summed E-state index contributed by atoms with van der Waals surface area (Å²) in [5, 5.41) is 15.0. The first-order chi connectivity index (χ1) is 12.9. The van der Waals surface area contributed by atoms with Crippen LogP contribution in [-0.4, -0.2) is 112 Å². The van der Waals surface area contributed by atoms with Crippen molar-refractivity contribution in [3.8, 4) is 0 Å². The van der Waals surface area contributed by atoms with Gasteiger partial charge in [-0.05, 0) is 18.4 Å². The summed E-state index contributed by atoms with van der Waals surface area (Å²) in [4.78, 5) is 42.0. The van der Waals surface area contributed by atoms with Gasteiger partial charge < -0.3 is 25.1 Å². The first-order valence-corrected chi connectivity index (χ1v) is 10.3. The molecule has 0 aromatic rings. The van der Waals surface area contributed by atoms with Crippen molar-refractivity contribution in [3.05, 3.63) is 11.9 Å². The summed E-state index contributed by atoms with van der Waals surface area (Å²) in [6.45, 7) is 3.28. The minimum Gasteiger partial charge on any atom is -0.465 e. The van der Waals surface area contributed by atoms with Crippen molar-refractivity contribution >= 4 is 29.7 Å². The van der Waals surface area contributed by atoms with E-state index in [4.69, 9.17) is 5.11 Å². The zero-order valence-electron chi connectivity index (χ0n) is 15.6. The highest BCUT2D eigenvalue weighted by Crippen LogP contribution is 2.25. The molecule has 2 saturated heterocycles. The van der Waals surface area contributed by atoms with Crippen LogP contribution in [0.4, 0.5) is 4.79 Å². The average Bonchev–Trinajstić information content (AvgIpc) is 3.15. The van der Waals surface area contributed by atoms with Crippen LogP contribution in [0, 0.1) is 0 Å². The van der Waals surface area contributed by atoms with Gasteiger partial charge >= 0.3 is 6.09 Å². The van der Waals surface area contributed by atoms with E-state index in [1.165, 1.54) is 0 Å².